The van der Waals surface area contributed by atoms with Crippen molar-refractivity contribution >= 4 is 27.1 Å². The monoisotopic (exact) mass is 316 g/mol. The molecule has 0 saturated carbocycles. The lowest BCUT2D eigenvalue weighted by Gasteiger charge is -2.22. The summed E-state index contributed by atoms with van der Waals surface area (Å²) in [6, 6.07) is 11.8. The molecule has 5 heteroatoms. The van der Waals surface area contributed by atoms with Gasteiger partial charge < -0.3 is 10.7 Å². The predicted octanol–water partition coefficient (Wildman–Crippen LogP) is 2.94. The Bertz CT molecular complexity index is 719. The van der Waals surface area contributed by atoms with Crippen LogP contribution in [-0.4, -0.2) is 15.0 Å². The topological polar surface area (TPSA) is 67.6 Å². The molecule has 0 saturated heterocycles. The summed E-state index contributed by atoms with van der Waals surface area (Å²) in [5.74, 6) is 0.708. The number of rotatable bonds is 2. The van der Waals surface area contributed by atoms with Gasteiger partial charge in [0.25, 0.3) is 0 Å². The van der Waals surface area contributed by atoms with Crippen LogP contribution in [-0.2, 0) is 5.54 Å². The Morgan fingerprint density at radius 3 is 2.74 bits per heavy atom. The van der Waals surface area contributed by atoms with Crippen LogP contribution in [0.15, 0.2) is 47.1 Å². The number of aromatic nitrogens is 3. The fourth-order valence-corrected chi connectivity index (χ4v) is 2.37. The van der Waals surface area contributed by atoms with Gasteiger partial charge >= 0.3 is 0 Å². The van der Waals surface area contributed by atoms with Gasteiger partial charge in [0.1, 0.15) is 5.82 Å². The first-order valence-corrected chi connectivity index (χ1v) is 6.73. The van der Waals surface area contributed by atoms with E-state index in [1.165, 1.54) is 0 Å². The van der Waals surface area contributed by atoms with Crippen LogP contribution in [0.25, 0.3) is 11.2 Å². The van der Waals surface area contributed by atoms with E-state index in [1.54, 1.807) is 6.20 Å². The van der Waals surface area contributed by atoms with Crippen molar-refractivity contribution in [3.8, 4) is 0 Å². The number of nitrogens with one attached hydrogen (secondary N) is 1. The van der Waals surface area contributed by atoms with Crippen molar-refractivity contribution in [2.75, 3.05) is 0 Å². The third-order valence-corrected chi connectivity index (χ3v) is 3.60. The van der Waals surface area contributed by atoms with Crippen LogP contribution in [0, 0.1) is 0 Å². The molecule has 3 rings (SSSR count). The minimum Gasteiger partial charge on any atom is -0.339 e. The van der Waals surface area contributed by atoms with Crippen LogP contribution < -0.4 is 5.73 Å². The fourth-order valence-electron chi connectivity index (χ4n) is 2.04. The van der Waals surface area contributed by atoms with Crippen LogP contribution in [0.2, 0.25) is 0 Å². The largest absolute Gasteiger partial charge is 0.339 e. The molecule has 0 radical (unpaired) electrons. The second kappa shape index (κ2) is 4.43. The Morgan fingerprint density at radius 1 is 1.26 bits per heavy atom. The number of fused-ring (bicyclic) bond motifs is 1. The van der Waals surface area contributed by atoms with Gasteiger partial charge in [0.15, 0.2) is 5.65 Å². The lowest BCUT2D eigenvalue weighted by molar-refractivity contribution is 0.567. The Balaban J connectivity index is 2.13. The van der Waals surface area contributed by atoms with E-state index >= 15 is 0 Å². The van der Waals surface area contributed by atoms with Crippen molar-refractivity contribution in [1.82, 2.24) is 15.0 Å². The zero-order valence-electron chi connectivity index (χ0n) is 10.4. The third-order valence-electron chi connectivity index (χ3n) is 3.17. The van der Waals surface area contributed by atoms with Gasteiger partial charge in [-0.2, -0.15) is 0 Å². The van der Waals surface area contributed by atoms with E-state index in [0.717, 1.165) is 15.6 Å². The summed E-state index contributed by atoms with van der Waals surface area (Å²) in [4.78, 5) is 12.0. The van der Waals surface area contributed by atoms with Gasteiger partial charge in [-0.05, 0) is 34.5 Å². The normalized spacial score (nSPS) is 14.5. The molecule has 0 amide bonds. The van der Waals surface area contributed by atoms with E-state index in [-0.39, 0.29) is 0 Å². The molecule has 19 heavy (non-hydrogen) atoms. The molecule has 4 nitrogen and oxygen atoms in total. The van der Waals surface area contributed by atoms with Crippen LogP contribution in [0.1, 0.15) is 18.3 Å². The zero-order chi connectivity index (χ0) is 13.5. The Hall–Kier alpha value is -1.72. The predicted molar refractivity (Wildman–Crippen MR) is 78.7 cm³/mol. The van der Waals surface area contributed by atoms with Crippen molar-refractivity contribution in [2.24, 2.45) is 5.73 Å². The Labute approximate surface area is 119 Å². The second-order valence-corrected chi connectivity index (χ2v) is 5.59. The number of hydrogen-bond donors (Lipinski definition) is 2. The average Bonchev–Trinajstić information content (AvgIpc) is 2.83. The highest BCUT2D eigenvalue weighted by Gasteiger charge is 2.27. The molecule has 0 bridgehead atoms. The van der Waals surface area contributed by atoms with Crippen molar-refractivity contribution in [3.05, 3.63) is 58.5 Å². The molecule has 2 aromatic heterocycles. The van der Waals surface area contributed by atoms with Gasteiger partial charge in [0.2, 0.25) is 0 Å². The molecule has 3 aromatic rings. The van der Waals surface area contributed by atoms with Crippen LogP contribution >= 0.6 is 15.9 Å². The molecule has 0 aliphatic heterocycles. The van der Waals surface area contributed by atoms with E-state index in [1.807, 2.05) is 43.3 Å². The van der Waals surface area contributed by atoms with E-state index in [4.69, 9.17) is 5.73 Å². The van der Waals surface area contributed by atoms with Crippen LogP contribution in [0.4, 0.5) is 0 Å². The molecule has 0 spiro atoms. The number of nitrogens with two attached hydrogens (primary N) is 1. The number of nitrogens with zero attached hydrogens (tertiary/aromatic N) is 2. The standard InChI is InChI=1S/C14H13BrN4/c1-14(16,9-5-3-2-4-6-9)13-18-11-7-10(15)8-17-12(11)19-13/h2-8H,16H2,1H3,(H,17,18,19). The molecule has 2 heterocycles. The van der Waals surface area contributed by atoms with Crippen LogP contribution in [0.3, 0.4) is 0 Å². The highest BCUT2D eigenvalue weighted by Crippen LogP contribution is 2.26. The molecule has 0 aliphatic carbocycles. The summed E-state index contributed by atoms with van der Waals surface area (Å²) in [6.07, 6.45) is 1.73. The highest BCUT2D eigenvalue weighted by atomic mass is 79.9. The number of pyridine rings is 1. The average molecular weight is 317 g/mol. The lowest BCUT2D eigenvalue weighted by Crippen LogP contribution is -2.35. The highest BCUT2D eigenvalue weighted by molar-refractivity contribution is 9.10. The maximum atomic E-state index is 6.43. The quantitative estimate of drug-likeness (QED) is 0.763. The lowest BCUT2D eigenvalue weighted by atomic mass is 9.92. The van der Waals surface area contributed by atoms with Crippen molar-refractivity contribution in [3.63, 3.8) is 0 Å². The summed E-state index contributed by atoms with van der Waals surface area (Å²) in [6.45, 7) is 1.94. The molecule has 0 fully saturated rings. The van der Waals surface area contributed by atoms with Gasteiger partial charge in [-0.3, -0.25) is 0 Å². The maximum Gasteiger partial charge on any atom is 0.177 e. The maximum absolute atomic E-state index is 6.43. The van der Waals surface area contributed by atoms with E-state index in [2.05, 4.69) is 30.9 Å². The van der Waals surface area contributed by atoms with Crippen molar-refractivity contribution < 1.29 is 0 Å². The molecular formula is C14H13BrN4. The molecular weight excluding hydrogens is 304 g/mol. The third kappa shape index (κ3) is 2.15. The van der Waals surface area contributed by atoms with E-state index < -0.39 is 5.54 Å². The van der Waals surface area contributed by atoms with E-state index in [9.17, 15) is 0 Å². The number of hydrogen-bond acceptors (Lipinski definition) is 3. The molecule has 1 unspecified atom stereocenters. The molecule has 1 aromatic carbocycles. The van der Waals surface area contributed by atoms with Crippen LogP contribution in [0.5, 0.6) is 0 Å². The first-order chi connectivity index (χ1) is 9.07. The SMILES string of the molecule is CC(N)(c1ccccc1)c1nc2ncc(Br)cc2[nH]1. The first-order valence-electron chi connectivity index (χ1n) is 5.93. The molecule has 1 atom stereocenters. The minimum atomic E-state index is -0.672. The fraction of sp³-hybridized carbons (Fsp3) is 0.143. The smallest absolute Gasteiger partial charge is 0.177 e. The minimum absolute atomic E-state index is 0.672. The summed E-state index contributed by atoms with van der Waals surface area (Å²) < 4.78 is 0.911. The Kier molecular flexibility index (Phi) is 2.88. The van der Waals surface area contributed by atoms with E-state index in [0.29, 0.717) is 11.5 Å². The van der Waals surface area contributed by atoms with Crippen molar-refractivity contribution in [2.45, 2.75) is 12.5 Å². The van der Waals surface area contributed by atoms with Gasteiger partial charge in [-0.25, -0.2) is 9.97 Å². The molecule has 0 aliphatic rings. The van der Waals surface area contributed by atoms with Gasteiger partial charge in [-0.15, -0.1) is 0 Å². The number of H-pyrrole nitrogens is 1. The summed E-state index contributed by atoms with van der Waals surface area (Å²) in [5, 5.41) is 0. The van der Waals surface area contributed by atoms with Gasteiger partial charge in [0, 0.05) is 10.7 Å². The summed E-state index contributed by atoms with van der Waals surface area (Å²) >= 11 is 3.40. The number of halogens is 1. The second-order valence-electron chi connectivity index (χ2n) is 4.68. The summed E-state index contributed by atoms with van der Waals surface area (Å²) in [7, 11) is 0. The van der Waals surface area contributed by atoms with Crippen molar-refractivity contribution in [1.29, 1.82) is 0 Å². The number of benzene rings is 1. The zero-order valence-corrected chi connectivity index (χ0v) is 12.0. The first kappa shape index (κ1) is 12.3. The number of imidazole rings is 1. The molecule has 96 valence electrons. The molecule has 3 N–H and O–H groups in total. The van der Waals surface area contributed by atoms with Gasteiger partial charge in [0.05, 0.1) is 11.1 Å². The Morgan fingerprint density at radius 2 is 2.00 bits per heavy atom. The summed E-state index contributed by atoms with van der Waals surface area (Å²) in [5.41, 5.74) is 8.31. The van der Waals surface area contributed by atoms with Gasteiger partial charge in [-0.1, -0.05) is 30.3 Å². The number of aromatic amines is 1.